The van der Waals surface area contributed by atoms with Crippen LogP contribution in [0.5, 0.6) is 0 Å². The highest BCUT2D eigenvalue weighted by molar-refractivity contribution is 7.90. The van der Waals surface area contributed by atoms with Crippen LogP contribution in [0.1, 0.15) is 28.7 Å². The lowest BCUT2D eigenvalue weighted by Crippen LogP contribution is -2.32. The number of carbonyl (C=O) groups excluding carboxylic acids is 1. The molecule has 7 heteroatoms. The number of hydrogen-bond acceptors (Lipinski definition) is 5. The van der Waals surface area contributed by atoms with E-state index >= 15 is 0 Å². The third-order valence-corrected chi connectivity index (χ3v) is 6.66. The number of hydrogen-bond donors (Lipinski definition) is 2. The topological polar surface area (TPSA) is 92.7 Å². The van der Waals surface area contributed by atoms with Crippen molar-refractivity contribution in [3.63, 3.8) is 0 Å². The monoisotopic (exact) mass is 437 g/mol. The zero-order valence-electron chi connectivity index (χ0n) is 17.0. The number of alkyl carbamates (subject to hydrolysis) is 1. The predicted octanol–water partition coefficient (Wildman–Crippen LogP) is 3.66. The number of ether oxygens (including phenoxy) is 1. The van der Waals surface area contributed by atoms with Crippen molar-refractivity contribution in [1.82, 2.24) is 5.32 Å². The van der Waals surface area contributed by atoms with Gasteiger partial charge in [0.05, 0.1) is 17.5 Å². The fraction of sp³-hybridized carbons (Fsp3) is 0.208. The van der Waals surface area contributed by atoms with Crippen LogP contribution >= 0.6 is 0 Å². The van der Waals surface area contributed by atoms with Crippen LogP contribution < -0.4 is 5.32 Å². The van der Waals surface area contributed by atoms with E-state index in [9.17, 15) is 18.3 Å². The standard InChI is InChI=1S/C24H23NO5S/c1-31(28,29)17-12-10-16(11-13-17)23(14-26)25-24(27)30-15-22-20-8-4-2-6-18(20)19-7-3-5-9-21(19)22/h2-13,22-23,26H,14-15H2,1H3,(H,25,27). The average Bonchev–Trinajstić information content (AvgIpc) is 3.09. The van der Waals surface area contributed by atoms with E-state index in [1.54, 1.807) is 12.1 Å². The second kappa shape index (κ2) is 8.53. The van der Waals surface area contributed by atoms with Gasteiger partial charge in [-0.1, -0.05) is 60.7 Å². The van der Waals surface area contributed by atoms with Crippen LogP contribution in [-0.4, -0.2) is 39.1 Å². The fourth-order valence-corrected chi connectivity index (χ4v) is 4.59. The Morgan fingerprint density at radius 1 is 0.968 bits per heavy atom. The summed E-state index contributed by atoms with van der Waals surface area (Å²) in [5.41, 5.74) is 5.11. The molecule has 1 amide bonds. The van der Waals surface area contributed by atoms with Crippen molar-refractivity contribution in [3.05, 3.63) is 89.5 Å². The number of rotatable bonds is 6. The SMILES string of the molecule is CS(=O)(=O)c1ccc(C(CO)NC(=O)OCC2c3ccccc3-c3ccccc32)cc1. The van der Waals surface area contributed by atoms with Gasteiger partial charge in [-0.05, 0) is 39.9 Å². The van der Waals surface area contributed by atoms with Gasteiger partial charge in [0.15, 0.2) is 9.84 Å². The highest BCUT2D eigenvalue weighted by Gasteiger charge is 2.29. The molecule has 3 aromatic carbocycles. The van der Waals surface area contributed by atoms with Crippen molar-refractivity contribution in [2.24, 2.45) is 0 Å². The zero-order chi connectivity index (χ0) is 22.0. The summed E-state index contributed by atoms with van der Waals surface area (Å²) in [6, 6.07) is 21.5. The number of aliphatic hydroxyl groups excluding tert-OH is 1. The second-order valence-electron chi connectivity index (χ2n) is 7.55. The summed E-state index contributed by atoms with van der Waals surface area (Å²) in [5, 5.41) is 12.4. The molecule has 160 valence electrons. The molecule has 1 unspecified atom stereocenters. The molecule has 1 aliphatic rings. The summed E-state index contributed by atoms with van der Waals surface area (Å²) in [5.74, 6) is -0.0558. The molecule has 0 spiro atoms. The van der Waals surface area contributed by atoms with E-state index in [1.807, 2.05) is 36.4 Å². The van der Waals surface area contributed by atoms with E-state index in [2.05, 4.69) is 17.4 Å². The number of sulfone groups is 1. The average molecular weight is 438 g/mol. The number of amides is 1. The molecule has 0 aromatic heterocycles. The van der Waals surface area contributed by atoms with Gasteiger partial charge < -0.3 is 15.2 Å². The molecule has 0 heterocycles. The van der Waals surface area contributed by atoms with Gasteiger partial charge in [-0.25, -0.2) is 13.2 Å². The first-order valence-electron chi connectivity index (χ1n) is 9.91. The molecule has 1 atom stereocenters. The molecule has 0 radical (unpaired) electrons. The molecule has 2 N–H and O–H groups in total. The van der Waals surface area contributed by atoms with Crippen LogP contribution in [0, 0.1) is 0 Å². The van der Waals surface area contributed by atoms with Gasteiger partial charge in [0.1, 0.15) is 6.61 Å². The molecule has 31 heavy (non-hydrogen) atoms. The van der Waals surface area contributed by atoms with Gasteiger partial charge in [0, 0.05) is 12.2 Å². The predicted molar refractivity (Wildman–Crippen MR) is 118 cm³/mol. The Bertz CT molecular complexity index is 1160. The van der Waals surface area contributed by atoms with Gasteiger partial charge in [-0.15, -0.1) is 0 Å². The van der Waals surface area contributed by atoms with Gasteiger partial charge in [0.2, 0.25) is 0 Å². The number of fused-ring (bicyclic) bond motifs is 3. The summed E-state index contributed by atoms with van der Waals surface area (Å²) in [6.07, 6.45) is 0.480. The lowest BCUT2D eigenvalue weighted by molar-refractivity contribution is 0.132. The van der Waals surface area contributed by atoms with Crippen molar-refractivity contribution in [2.75, 3.05) is 19.5 Å². The molecule has 0 saturated carbocycles. The summed E-state index contributed by atoms with van der Waals surface area (Å²) in [6.45, 7) is -0.173. The quantitative estimate of drug-likeness (QED) is 0.614. The first kappa shape index (κ1) is 21.1. The first-order valence-corrected chi connectivity index (χ1v) is 11.8. The summed E-state index contributed by atoms with van der Waals surface area (Å²) >= 11 is 0. The van der Waals surface area contributed by atoms with Crippen LogP contribution in [0.3, 0.4) is 0 Å². The molecule has 0 bridgehead atoms. The Morgan fingerprint density at radius 3 is 2.03 bits per heavy atom. The third kappa shape index (κ3) is 4.33. The van der Waals surface area contributed by atoms with Crippen molar-refractivity contribution in [2.45, 2.75) is 16.9 Å². The molecule has 0 saturated heterocycles. The summed E-state index contributed by atoms with van der Waals surface area (Å²) < 4.78 is 28.7. The summed E-state index contributed by atoms with van der Waals surface area (Å²) in [4.78, 5) is 12.6. The smallest absolute Gasteiger partial charge is 0.407 e. The van der Waals surface area contributed by atoms with E-state index in [-0.39, 0.29) is 24.0 Å². The van der Waals surface area contributed by atoms with E-state index in [1.165, 1.54) is 12.1 Å². The maximum Gasteiger partial charge on any atom is 0.407 e. The largest absolute Gasteiger partial charge is 0.449 e. The Labute approximate surface area is 181 Å². The molecule has 4 rings (SSSR count). The highest BCUT2D eigenvalue weighted by Crippen LogP contribution is 2.44. The Hall–Kier alpha value is -3.16. The van der Waals surface area contributed by atoms with Crippen LogP contribution in [0.4, 0.5) is 4.79 Å². The fourth-order valence-electron chi connectivity index (χ4n) is 3.96. The number of carbonyl (C=O) groups is 1. The maximum absolute atomic E-state index is 12.5. The normalized spacial score (nSPS) is 13.9. The molecule has 3 aromatic rings. The van der Waals surface area contributed by atoms with Gasteiger partial charge in [-0.2, -0.15) is 0 Å². The molecule has 0 fully saturated rings. The lowest BCUT2D eigenvalue weighted by Gasteiger charge is -2.19. The van der Waals surface area contributed by atoms with Crippen LogP contribution in [0.25, 0.3) is 11.1 Å². The molecule has 1 aliphatic carbocycles. The third-order valence-electron chi connectivity index (χ3n) is 5.53. The number of aliphatic hydroxyl groups is 1. The van der Waals surface area contributed by atoms with Gasteiger partial charge >= 0.3 is 6.09 Å². The van der Waals surface area contributed by atoms with Crippen molar-refractivity contribution in [3.8, 4) is 11.1 Å². The van der Waals surface area contributed by atoms with Crippen LogP contribution in [0.15, 0.2) is 77.7 Å². The Morgan fingerprint density at radius 2 is 1.52 bits per heavy atom. The maximum atomic E-state index is 12.5. The molecule has 6 nitrogen and oxygen atoms in total. The van der Waals surface area contributed by atoms with Crippen LogP contribution in [-0.2, 0) is 14.6 Å². The zero-order valence-corrected chi connectivity index (χ0v) is 17.8. The number of benzene rings is 3. The lowest BCUT2D eigenvalue weighted by atomic mass is 9.98. The molecular weight excluding hydrogens is 414 g/mol. The van der Waals surface area contributed by atoms with E-state index < -0.39 is 22.0 Å². The van der Waals surface area contributed by atoms with Gasteiger partial charge in [-0.3, -0.25) is 0 Å². The minimum Gasteiger partial charge on any atom is -0.449 e. The molecule has 0 aliphatic heterocycles. The van der Waals surface area contributed by atoms with Crippen molar-refractivity contribution in [1.29, 1.82) is 0 Å². The highest BCUT2D eigenvalue weighted by atomic mass is 32.2. The van der Waals surface area contributed by atoms with Crippen LogP contribution in [0.2, 0.25) is 0 Å². The van der Waals surface area contributed by atoms with Crippen molar-refractivity contribution < 1.29 is 23.1 Å². The Kier molecular flexibility index (Phi) is 5.80. The Balaban J connectivity index is 1.44. The number of nitrogens with one attached hydrogen (secondary N) is 1. The minimum absolute atomic E-state index is 0.0558. The van der Waals surface area contributed by atoms with Gasteiger partial charge in [0.25, 0.3) is 0 Å². The molecular formula is C24H23NO5S. The first-order chi connectivity index (χ1) is 14.9. The minimum atomic E-state index is -3.32. The van der Waals surface area contributed by atoms with E-state index in [4.69, 9.17) is 4.74 Å². The summed E-state index contributed by atoms with van der Waals surface area (Å²) in [7, 11) is -3.32. The van der Waals surface area contributed by atoms with Crippen molar-refractivity contribution >= 4 is 15.9 Å². The van der Waals surface area contributed by atoms with E-state index in [0.717, 1.165) is 28.5 Å². The second-order valence-corrected chi connectivity index (χ2v) is 9.56. The van der Waals surface area contributed by atoms with E-state index in [0.29, 0.717) is 5.56 Å².